The molecule has 1 aliphatic rings. The third-order valence-corrected chi connectivity index (χ3v) is 4.72. The van der Waals surface area contributed by atoms with E-state index in [-0.39, 0.29) is 5.41 Å². The lowest BCUT2D eigenvalue weighted by Crippen LogP contribution is -2.14. The molecule has 1 fully saturated rings. The highest BCUT2D eigenvalue weighted by molar-refractivity contribution is 5.80. The fraction of sp³-hybridized carbons (Fsp3) is 0.278. The highest BCUT2D eigenvalue weighted by atomic mass is 15.1. The Balaban J connectivity index is 1.94. The van der Waals surface area contributed by atoms with Crippen molar-refractivity contribution in [2.45, 2.75) is 24.8 Å². The molecule has 2 aromatic carbocycles. The maximum absolute atomic E-state index is 5.86. The van der Waals surface area contributed by atoms with Gasteiger partial charge in [-0.15, -0.1) is 0 Å². The number of aryl methyl sites for hydroxylation is 1. The molecule has 0 bridgehead atoms. The van der Waals surface area contributed by atoms with Crippen LogP contribution in [0.15, 0.2) is 48.5 Å². The number of imidazole rings is 1. The summed E-state index contributed by atoms with van der Waals surface area (Å²) >= 11 is 0. The Morgan fingerprint density at radius 2 is 1.86 bits per heavy atom. The van der Waals surface area contributed by atoms with Gasteiger partial charge in [-0.25, -0.2) is 4.98 Å². The molecule has 1 saturated carbocycles. The molecule has 106 valence electrons. The number of rotatable bonds is 3. The molecular weight excluding hydrogens is 258 g/mol. The predicted molar refractivity (Wildman–Crippen MR) is 85.1 cm³/mol. The van der Waals surface area contributed by atoms with Crippen LogP contribution in [0.5, 0.6) is 0 Å². The van der Waals surface area contributed by atoms with E-state index >= 15 is 0 Å². The second kappa shape index (κ2) is 4.43. The molecule has 2 N–H and O–H groups in total. The fourth-order valence-corrected chi connectivity index (χ4v) is 3.39. The van der Waals surface area contributed by atoms with Crippen LogP contribution in [0.3, 0.4) is 0 Å². The van der Waals surface area contributed by atoms with Crippen LogP contribution in [0.2, 0.25) is 0 Å². The van der Waals surface area contributed by atoms with E-state index in [2.05, 4.69) is 60.1 Å². The summed E-state index contributed by atoms with van der Waals surface area (Å²) in [5.74, 6) is 1.17. The van der Waals surface area contributed by atoms with Gasteiger partial charge in [-0.1, -0.05) is 42.5 Å². The molecule has 3 aromatic rings. The second-order valence-corrected chi connectivity index (χ2v) is 5.93. The third kappa shape index (κ3) is 1.74. The van der Waals surface area contributed by atoms with E-state index < -0.39 is 0 Å². The molecule has 0 radical (unpaired) electrons. The van der Waals surface area contributed by atoms with Crippen molar-refractivity contribution in [2.75, 3.05) is 0 Å². The van der Waals surface area contributed by atoms with Crippen molar-refractivity contribution in [3.63, 3.8) is 0 Å². The average Bonchev–Trinajstić information content (AvgIpc) is 3.28. The van der Waals surface area contributed by atoms with Crippen molar-refractivity contribution < 1.29 is 0 Å². The van der Waals surface area contributed by atoms with E-state index in [9.17, 15) is 0 Å². The quantitative estimate of drug-likeness (QED) is 0.799. The van der Waals surface area contributed by atoms with E-state index in [1.807, 2.05) is 0 Å². The number of benzene rings is 2. The van der Waals surface area contributed by atoms with Crippen LogP contribution in [-0.2, 0) is 19.0 Å². The number of nitrogens with two attached hydrogens (primary N) is 1. The number of hydrogen-bond acceptors (Lipinski definition) is 2. The molecule has 1 aliphatic carbocycles. The van der Waals surface area contributed by atoms with Crippen molar-refractivity contribution in [3.05, 3.63) is 65.5 Å². The molecule has 0 unspecified atom stereocenters. The van der Waals surface area contributed by atoms with Gasteiger partial charge in [0.05, 0.1) is 16.4 Å². The van der Waals surface area contributed by atoms with Crippen molar-refractivity contribution in [3.8, 4) is 0 Å². The van der Waals surface area contributed by atoms with Crippen LogP contribution in [0.25, 0.3) is 11.0 Å². The predicted octanol–water partition coefficient (Wildman–Crippen LogP) is 3.11. The summed E-state index contributed by atoms with van der Waals surface area (Å²) in [5, 5.41) is 0. The summed E-state index contributed by atoms with van der Waals surface area (Å²) in [6.45, 7) is 0.534. The molecular formula is C18H19N3. The van der Waals surface area contributed by atoms with Gasteiger partial charge in [-0.05, 0) is 30.0 Å². The summed E-state index contributed by atoms with van der Waals surface area (Å²) in [5.41, 5.74) is 10.7. The Labute approximate surface area is 124 Å². The maximum atomic E-state index is 5.86. The number of hydrogen-bond donors (Lipinski definition) is 1. The molecule has 1 heterocycles. The zero-order valence-electron chi connectivity index (χ0n) is 12.2. The molecule has 0 spiro atoms. The average molecular weight is 277 g/mol. The molecule has 0 amide bonds. The Morgan fingerprint density at radius 3 is 2.52 bits per heavy atom. The second-order valence-electron chi connectivity index (χ2n) is 5.93. The normalized spacial score (nSPS) is 16.3. The smallest absolute Gasteiger partial charge is 0.120 e. The van der Waals surface area contributed by atoms with Crippen LogP contribution in [0.4, 0.5) is 0 Å². The van der Waals surface area contributed by atoms with E-state index in [1.165, 1.54) is 29.7 Å². The van der Waals surface area contributed by atoms with Gasteiger partial charge in [-0.3, -0.25) is 0 Å². The molecule has 0 aliphatic heterocycles. The van der Waals surface area contributed by atoms with Crippen LogP contribution in [-0.4, -0.2) is 9.55 Å². The van der Waals surface area contributed by atoms with E-state index in [0.29, 0.717) is 6.54 Å². The molecule has 4 rings (SSSR count). The summed E-state index contributed by atoms with van der Waals surface area (Å²) in [7, 11) is 2.12. The van der Waals surface area contributed by atoms with E-state index in [1.54, 1.807) is 0 Å². The van der Waals surface area contributed by atoms with E-state index in [0.717, 1.165) is 11.1 Å². The molecule has 3 heteroatoms. The first kappa shape index (κ1) is 12.6. The topological polar surface area (TPSA) is 43.8 Å². The van der Waals surface area contributed by atoms with Crippen LogP contribution < -0.4 is 5.73 Å². The standard InChI is InChI=1S/C18H19N3/c1-21-15-9-5-6-13(12-19)16(15)20-17(21)18(10-11-18)14-7-3-2-4-8-14/h2-9H,10-12,19H2,1H3. The van der Waals surface area contributed by atoms with Gasteiger partial charge in [-0.2, -0.15) is 0 Å². The summed E-state index contributed by atoms with van der Waals surface area (Å²) in [6, 6.07) is 17.0. The minimum atomic E-state index is 0.0981. The van der Waals surface area contributed by atoms with Gasteiger partial charge < -0.3 is 10.3 Å². The lowest BCUT2D eigenvalue weighted by molar-refractivity contribution is 0.705. The Morgan fingerprint density at radius 1 is 1.10 bits per heavy atom. The van der Waals surface area contributed by atoms with Gasteiger partial charge >= 0.3 is 0 Å². The summed E-state index contributed by atoms with van der Waals surface area (Å²) in [6.07, 6.45) is 2.35. The number of para-hydroxylation sites is 1. The van der Waals surface area contributed by atoms with Crippen LogP contribution in [0.1, 0.15) is 29.8 Å². The zero-order chi connectivity index (χ0) is 14.4. The first-order valence-electron chi connectivity index (χ1n) is 7.47. The van der Waals surface area contributed by atoms with Crippen molar-refractivity contribution in [2.24, 2.45) is 12.8 Å². The van der Waals surface area contributed by atoms with Gasteiger partial charge in [0.15, 0.2) is 0 Å². The van der Waals surface area contributed by atoms with Crippen molar-refractivity contribution >= 4 is 11.0 Å². The maximum Gasteiger partial charge on any atom is 0.120 e. The molecule has 3 nitrogen and oxygen atoms in total. The molecule has 1 aromatic heterocycles. The zero-order valence-corrected chi connectivity index (χ0v) is 12.2. The summed E-state index contributed by atoms with van der Waals surface area (Å²) < 4.78 is 2.24. The van der Waals surface area contributed by atoms with Gasteiger partial charge in [0, 0.05) is 13.6 Å². The monoisotopic (exact) mass is 277 g/mol. The van der Waals surface area contributed by atoms with Gasteiger partial charge in [0.2, 0.25) is 0 Å². The number of nitrogens with zero attached hydrogens (tertiary/aromatic N) is 2. The van der Waals surface area contributed by atoms with Crippen LogP contribution in [0, 0.1) is 0 Å². The highest BCUT2D eigenvalue weighted by Gasteiger charge is 2.49. The first-order valence-corrected chi connectivity index (χ1v) is 7.47. The summed E-state index contributed by atoms with van der Waals surface area (Å²) in [4.78, 5) is 4.98. The molecule has 0 atom stereocenters. The van der Waals surface area contributed by atoms with Crippen LogP contribution >= 0.6 is 0 Å². The number of aromatic nitrogens is 2. The minimum absolute atomic E-state index is 0.0981. The first-order chi connectivity index (χ1) is 10.3. The Kier molecular flexibility index (Phi) is 2.66. The minimum Gasteiger partial charge on any atom is -0.330 e. The molecule has 21 heavy (non-hydrogen) atoms. The molecule has 0 saturated heterocycles. The van der Waals surface area contributed by atoms with Gasteiger partial charge in [0.25, 0.3) is 0 Å². The Hall–Kier alpha value is -2.13. The lowest BCUT2D eigenvalue weighted by Gasteiger charge is -2.15. The van der Waals surface area contributed by atoms with Gasteiger partial charge in [0.1, 0.15) is 5.82 Å². The fourth-order valence-electron chi connectivity index (χ4n) is 3.39. The Bertz CT molecular complexity index is 798. The SMILES string of the molecule is Cn1c(C2(c3ccccc3)CC2)nc2c(CN)cccc21. The largest absolute Gasteiger partial charge is 0.330 e. The highest BCUT2D eigenvalue weighted by Crippen LogP contribution is 2.53. The third-order valence-electron chi connectivity index (χ3n) is 4.72. The lowest BCUT2D eigenvalue weighted by atomic mass is 9.95. The number of fused-ring (bicyclic) bond motifs is 1. The van der Waals surface area contributed by atoms with Crippen molar-refractivity contribution in [1.82, 2.24) is 9.55 Å². The van der Waals surface area contributed by atoms with Crippen molar-refractivity contribution in [1.29, 1.82) is 0 Å². The van der Waals surface area contributed by atoms with E-state index in [4.69, 9.17) is 10.7 Å².